The number of benzene rings is 2. The highest BCUT2D eigenvalue weighted by molar-refractivity contribution is 6.11. The van der Waals surface area contributed by atoms with Gasteiger partial charge in [0, 0.05) is 5.92 Å². The number of hydrogen-bond donors (Lipinski definition) is 0. The Bertz CT molecular complexity index is 753. The molecule has 0 aliphatic carbocycles. The number of ketones is 1. The van der Waals surface area contributed by atoms with Gasteiger partial charge in [-0.2, -0.15) is 5.01 Å². The maximum absolute atomic E-state index is 13.1. The van der Waals surface area contributed by atoms with Gasteiger partial charge < -0.3 is 0 Å². The summed E-state index contributed by atoms with van der Waals surface area (Å²) in [7, 11) is 0. The molecule has 0 aromatic heterocycles. The molecule has 1 amide bonds. The SMILES string of the molecule is CC(C)C(=O)C(C)(C)C(=O)N(N=Nc1ccccc1)c1ccccc1. The van der Waals surface area contributed by atoms with Crippen molar-refractivity contribution in [2.45, 2.75) is 27.7 Å². The first-order valence-corrected chi connectivity index (χ1v) is 8.24. The van der Waals surface area contributed by atoms with E-state index in [2.05, 4.69) is 10.3 Å². The topological polar surface area (TPSA) is 62.1 Å². The third kappa shape index (κ3) is 4.38. The van der Waals surface area contributed by atoms with Crippen LogP contribution in [0.15, 0.2) is 71.0 Å². The third-order valence-electron chi connectivity index (χ3n) is 3.87. The second-order valence-electron chi connectivity index (χ2n) is 6.62. The first-order chi connectivity index (χ1) is 11.8. The average molecular weight is 337 g/mol. The van der Waals surface area contributed by atoms with Crippen molar-refractivity contribution in [3.63, 3.8) is 0 Å². The minimum absolute atomic E-state index is 0.131. The monoisotopic (exact) mass is 337 g/mol. The van der Waals surface area contributed by atoms with Gasteiger partial charge in [-0.05, 0) is 38.1 Å². The minimum Gasteiger partial charge on any atom is -0.298 e. The predicted molar refractivity (Wildman–Crippen MR) is 98.5 cm³/mol. The van der Waals surface area contributed by atoms with Gasteiger partial charge in [0.05, 0.1) is 11.4 Å². The van der Waals surface area contributed by atoms with Gasteiger partial charge in [-0.1, -0.05) is 55.5 Å². The van der Waals surface area contributed by atoms with E-state index in [0.29, 0.717) is 11.4 Å². The number of nitrogens with zero attached hydrogens (tertiary/aromatic N) is 3. The Morgan fingerprint density at radius 2 is 1.44 bits per heavy atom. The molecule has 0 aliphatic rings. The number of Topliss-reactive ketones (excluding diaryl/α,β-unsaturated/α-hetero) is 1. The first-order valence-electron chi connectivity index (χ1n) is 8.24. The minimum atomic E-state index is -1.19. The fraction of sp³-hybridized carbons (Fsp3) is 0.300. The Hall–Kier alpha value is -2.82. The lowest BCUT2D eigenvalue weighted by Crippen LogP contribution is -2.44. The molecule has 5 heteroatoms. The summed E-state index contributed by atoms with van der Waals surface area (Å²) in [5, 5.41) is 9.47. The maximum atomic E-state index is 13.1. The third-order valence-corrected chi connectivity index (χ3v) is 3.87. The molecule has 2 rings (SSSR count). The van der Waals surface area contributed by atoms with E-state index in [-0.39, 0.29) is 11.7 Å². The summed E-state index contributed by atoms with van der Waals surface area (Å²) in [5.41, 5.74) is 0.000677. The van der Waals surface area contributed by atoms with E-state index in [4.69, 9.17) is 0 Å². The number of hydrogen-bond acceptors (Lipinski definition) is 4. The molecule has 0 spiro atoms. The zero-order valence-corrected chi connectivity index (χ0v) is 15.0. The first kappa shape index (κ1) is 18.5. The van der Waals surface area contributed by atoms with Crippen LogP contribution in [0.1, 0.15) is 27.7 Å². The highest BCUT2D eigenvalue weighted by atomic mass is 16.2. The summed E-state index contributed by atoms with van der Waals surface area (Å²) in [6.45, 7) is 6.84. The molecule has 0 saturated heterocycles. The van der Waals surface area contributed by atoms with Gasteiger partial charge in [0.25, 0.3) is 5.91 Å². The van der Waals surface area contributed by atoms with Gasteiger partial charge in [-0.3, -0.25) is 9.59 Å². The normalized spacial score (nSPS) is 11.7. The number of carbonyl (C=O) groups excluding carboxylic acids is 2. The Morgan fingerprint density at radius 3 is 1.96 bits per heavy atom. The molecular weight excluding hydrogens is 314 g/mol. The fourth-order valence-electron chi connectivity index (χ4n) is 2.46. The number of carbonyl (C=O) groups is 2. The molecule has 5 nitrogen and oxygen atoms in total. The summed E-state index contributed by atoms with van der Waals surface area (Å²) in [6.07, 6.45) is 0. The standard InChI is InChI=1S/C20H23N3O2/c1-15(2)18(24)20(3,4)19(25)23(17-13-9-6-10-14-17)22-21-16-11-7-5-8-12-16/h5-15H,1-4H3. The zero-order valence-electron chi connectivity index (χ0n) is 15.0. The van der Waals surface area contributed by atoms with Crippen LogP contribution in [0.25, 0.3) is 0 Å². The van der Waals surface area contributed by atoms with E-state index < -0.39 is 11.3 Å². The van der Waals surface area contributed by atoms with E-state index in [1.54, 1.807) is 52.0 Å². The van der Waals surface area contributed by atoms with Crippen LogP contribution in [0, 0.1) is 11.3 Å². The Morgan fingerprint density at radius 1 is 0.920 bits per heavy atom. The quantitative estimate of drug-likeness (QED) is 0.424. The van der Waals surface area contributed by atoms with Crippen molar-refractivity contribution in [3.8, 4) is 0 Å². The molecular formula is C20H23N3O2. The fourth-order valence-corrected chi connectivity index (χ4v) is 2.46. The molecule has 0 bridgehead atoms. The van der Waals surface area contributed by atoms with Crippen LogP contribution in [0.3, 0.4) is 0 Å². The molecule has 0 unspecified atom stereocenters. The summed E-state index contributed by atoms with van der Waals surface area (Å²) < 4.78 is 0. The zero-order chi connectivity index (χ0) is 18.4. The molecule has 130 valence electrons. The molecule has 2 aromatic rings. The van der Waals surface area contributed by atoms with Crippen molar-refractivity contribution in [2.24, 2.45) is 21.7 Å². The molecule has 0 saturated carbocycles. The van der Waals surface area contributed by atoms with Gasteiger partial charge in [0.15, 0.2) is 0 Å². The van der Waals surface area contributed by atoms with E-state index in [0.717, 1.165) is 0 Å². The van der Waals surface area contributed by atoms with E-state index in [9.17, 15) is 9.59 Å². The number of anilines is 1. The van der Waals surface area contributed by atoms with Crippen LogP contribution < -0.4 is 5.01 Å². The van der Waals surface area contributed by atoms with Gasteiger partial charge in [-0.25, -0.2) is 0 Å². The van der Waals surface area contributed by atoms with Crippen LogP contribution in [-0.4, -0.2) is 11.7 Å². The van der Waals surface area contributed by atoms with E-state index >= 15 is 0 Å². The second kappa shape index (κ2) is 7.83. The van der Waals surface area contributed by atoms with Crippen LogP contribution in [-0.2, 0) is 9.59 Å². The summed E-state index contributed by atoms with van der Waals surface area (Å²) in [4.78, 5) is 25.6. The summed E-state index contributed by atoms with van der Waals surface area (Å²) >= 11 is 0. The smallest absolute Gasteiger partial charge is 0.261 e. The molecule has 0 radical (unpaired) electrons. The van der Waals surface area contributed by atoms with E-state index in [1.807, 2.05) is 36.4 Å². The van der Waals surface area contributed by atoms with Crippen molar-refractivity contribution < 1.29 is 9.59 Å². The van der Waals surface area contributed by atoms with Gasteiger partial charge >= 0.3 is 0 Å². The van der Waals surface area contributed by atoms with Crippen molar-refractivity contribution in [3.05, 3.63) is 60.7 Å². The lowest BCUT2D eigenvalue weighted by molar-refractivity contribution is -0.140. The van der Waals surface area contributed by atoms with Gasteiger partial charge in [-0.15, -0.1) is 5.11 Å². The molecule has 0 fully saturated rings. The van der Waals surface area contributed by atoms with Crippen molar-refractivity contribution >= 4 is 23.1 Å². The molecule has 0 heterocycles. The highest BCUT2D eigenvalue weighted by Gasteiger charge is 2.41. The van der Waals surface area contributed by atoms with Gasteiger partial charge in [0.2, 0.25) is 0 Å². The largest absolute Gasteiger partial charge is 0.298 e. The van der Waals surface area contributed by atoms with Crippen molar-refractivity contribution in [1.29, 1.82) is 0 Å². The summed E-state index contributed by atoms with van der Waals surface area (Å²) in [5.74, 6) is -0.784. The molecule has 0 atom stereocenters. The number of rotatable bonds is 6. The van der Waals surface area contributed by atoms with Crippen molar-refractivity contribution in [1.82, 2.24) is 0 Å². The Kier molecular flexibility index (Phi) is 5.80. The summed E-state index contributed by atoms with van der Waals surface area (Å²) in [6, 6.07) is 18.1. The van der Waals surface area contributed by atoms with E-state index in [1.165, 1.54) is 5.01 Å². The number of amides is 1. The van der Waals surface area contributed by atoms with Gasteiger partial charge in [0.1, 0.15) is 11.2 Å². The Labute approximate surface area is 148 Å². The molecule has 0 N–H and O–H groups in total. The van der Waals surface area contributed by atoms with Crippen LogP contribution >= 0.6 is 0 Å². The number of para-hydroxylation sites is 1. The van der Waals surface area contributed by atoms with Crippen molar-refractivity contribution in [2.75, 3.05) is 5.01 Å². The van der Waals surface area contributed by atoms with Crippen LogP contribution in [0.5, 0.6) is 0 Å². The Balaban J connectivity index is 2.40. The average Bonchev–Trinajstić information content (AvgIpc) is 2.62. The second-order valence-corrected chi connectivity index (χ2v) is 6.62. The molecule has 2 aromatic carbocycles. The van der Waals surface area contributed by atoms with Crippen LogP contribution in [0.4, 0.5) is 11.4 Å². The molecule has 0 aliphatic heterocycles. The highest BCUT2D eigenvalue weighted by Crippen LogP contribution is 2.28. The lowest BCUT2D eigenvalue weighted by atomic mass is 9.81. The predicted octanol–water partition coefficient (Wildman–Crippen LogP) is 4.97. The lowest BCUT2D eigenvalue weighted by Gasteiger charge is -2.28. The maximum Gasteiger partial charge on any atom is 0.261 e. The van der Waals surface area contributed by atoms with Crippen LogP contribution in [0.2, 0.25) is 0 Å². The molecule has 25 heavy (non-hydrogen) atoms.